The molecule has 0 bridgehead atoms. The average molecular weight is 362 g/mol. The van der Waals surface area contributed by atoms with Crippen LogP contribution in [0.3, 0.4) is 0 Å². The average Bonchev–Trinajstić information content (AvgIpc) is 2.97. The van der Waals surface area contributed by atoms with Gasteiger partial charge in [0.25, 0.3) is 0 Å². The fraction of sp³-hybridized carbons (Fsp3) is 0.238. The molecule has 0 saturated heterocycles. The maximum absolute atomic E-state index is 11.7. The van der Waals surface area contributed by atoms with Crippen LogP contribution in [-0.2, 0) is 24.8 Å². The number of hydrogen-bond donors (Lipinski definition) is 2. The second-order valence-electron chi connectivity index (χ2n) is 6.84. The molecule has 0 radical (unpaired) electrons. The maximum atomic E-state index is 11.7. The molecule has 1 aliphatic heterocycles. The molecule has 2 aromatic carbocycles. The van der Waals surface area contributed by atoms with E-state index >= 15 is 0 Å². The minimum absolute atomic E-state index is 0.0888. The number of phenolic OH excluding ortho intramolecular Hbond substituents is 1. The van der Waals surface area contributed by atoms with Crippen LogP contribution >= 0.6 is 0 Å². The number of aryl methyl sites for hydroxylation is 1. The van der Waals surface area contributed by atoms with Gasteiger partial charge in [0.2, 0.25) is 5.91 Å². The van der Waals surface area contributed by atoms with Crippen molar-refractivity contribution in [2.45, 2.75) is 19.9 Å². The molecule has 0 aliphatic carbocycles. The predicted octanol–water partition coefficient (Wildman–Crippen LogP) is 3.44. The molecule has 6 nitrogen and oxygen atoms in total. The molecule has 0 atom stereocenters. The first kappa shape index (κ1) is 17.1. The number of fused-ring (bicyclic) bond motifs is 1. The van der Waals surface area contributed by atoms with Crippen molar-refractivity contribution in [1.29, 1.82) is 0 Å². The van der Waals surface area contributed by atoms with E-state index in [1.165, 1.54) is 5.69 Å². The van der Waals surface area contributed by atoms with E-state index in [2.05, 4.69) is 10.4 Å². The molecule has 0 saturated carbocycles. The number of phenols is 1. The topological polar surface area (TPSA) is 70.4 Å². The summed E-state index contributed by atoms with van der Waals surface area (Å²) in [5.41, 5.74) is 5.18. The first-order valence-electron chi connectivity index (χ1n) is 8.98. The third kappa shape index (κ3) is 3.38. The van der Waals surface area contributed by atoms with E-state index in [-0.39, 0.29) is 11.7 Å². The number of nitrogens with one attached hydrogen (secondary N) is 1. The predicted molar refractivity (Wildman–Crippen MR) is 105 cm³/mol. The monoisotopic (exact) mass is 362 g/mol. The van der Waals surface area contributed by atoms with Crippen LogP contribution in [0.15, 0.2) is 48.5 Å². The SMILES string of the molecule is CC(=O)N1CCc2c(c(Nc3ccc(-c4cccc(O)c4)cc3)nn2C)C1. The molecule has 0 unspecified atom stereocenters. The number of aromatic nitrogens is 2. The number of nitrogens with zero attached hydrogens (tertiary/aromatic N) is 3. The Hall–Kier alpha value is -3.28. The van der Waals surface area contributed by atoms with Crippen LogP contribution in [0.1, 0.15) is 18.2 Å². The highest BCUT2D eigenvalue weighted by Crippen LogP contribution is 2.29. The van der Waals surface area contributed by atoms with Gasteiger partial charge in [0.1, 0.15) is 5.75 Å². The van der Waals surface area contributed by atoms with Crippen molar-refractivity contribution in [2.75, 3.05) is 11.9 Å². The fourth-order valence-corrected chi connectivity index (χ4v) is 3.53. The molecular weight excluding hydrogens is 340 g/mol. The van der Waals surface area contributed by atoms with E-state index in [1.807, 2.05) is 53.0 Å². The molecule has 138 valence electrons. The normalized spacial score (nSPS) is 13.3. The Kier molecular flexibility index (Phi) is 4.32. The molecule has 4 rings (SSSR count). The van der Waals surface area contributed by atoms with Crippen LogP contribution in [0, 0.1) is 0 Å². The summed E-state index contributed by atoms with van der Waals surface area (Å²) < 4.78 is 1.90. The van der Waals surface area contributed by atoms with E-state index in [1.54, 1.807) is 19.1 Å². The Morgan fingerprint density at radius 2 is 1.93 bits per heavy atom. The quantitative estimate of drug-likeness (QED) is 0.749. The summed E-state index contributed by atoms with van der Waals surface area (Å²) in [5.74, 6) is 1.14. The van der Waals surface area contributed by atoms with Gasteiger partial charge < -0.3 is 15.3 Å². The standard InChI is InChI=1S/C21H22N4O2/c1-14(26)25-11-10-20-19(13-25)21(23-24(20)2)22-17-8-6-15(7-9-17)16-4-3-5-18(27)12-16/h3-9,12,27H,10-11,13H2,1-2H3,(H,22,23). The Labute approximate surface area is 158 Å². The lowest BCUT2D eigenvalue weighted by molar-refractivity contribution is -0.129. The van der Waals surface area contributed by atoms with Gasteiger partial charge in [-0.1, -0.05) is 24.3 Å². The first-order valence-corrected chi connectivity index (χ1v) is 8.98. The van der Waals surface area contributed by atoms with Gasteiger partial charge in [-0.15, -0.1) is 0 Å². The summed E-state index contributed by atoms with van der Waals surface area (Å²) in [6.07, 6.45) is 0.816. The lowest BCUT2D eigenvalue weighted by atomic mass is 10.0. The van der Waals surface area contributed by atoms with Gasteiger partial charge in [-0.25, -0.2) is 0 Å². The number of anilines is 2. The van der Waals surface area contributed by atoms with Gasteiger partial charge >= 0.3 is 0 Å². The number of carbonyl (C=O) groups excluding carboxylic acids is 1. The summed E-state index contributed by atoms with van der Waals surface area (Å²) >= 11 is 0. The zero-order valence-electron chi connectivity index (χ0n) is 15.4. The van der Waals surface area contributed by atoms with Crippen molar-refractivity contribution < 1.29 is 9.90 Å². The van der Waals surface area contributed by atoms with Crippen LogP contribution in [0.4, 0.5) is 11.5 Å². The highest BCUT2D eigenvalue weighted by atomic mass is 16.3. The summed E-state index contributed by atoms with van der Waals surface area (Å²) in [5, 5.41) is 17.6. The van der Waals surface area contributed by atoms with Crippen LogP contribution in [-0.4, -0.2) is 32.2 Å². The van der Waals surface area contributed by atoms with E-state index in [0.29, 0.717) is 6.54 Å². The zero-order valence-corrected chi connectivity index (χ0v) is 15.4. The Balaban J connectivity index is 1.57. The van der Waals surface area contributed by atoms with Crippen molar-refractivity contribution in [3.05, 3.63) is 59.8 Å². The van der Waals surface area contributed by atoms with Crippen LogP contribution in [0.25, 0.3) is 11.1 Å². The van der Waals surface area contributed by atoms with Crippen molar-refractivity contribution >= 4 is 17.4 Å². The summed E-state index contributed by atoms with van der Waals surface area (Å²) in [4.78, 5) is 13.6. The number of hydrogen-bond acceptors (Lipinski definition) is 4. The lowest BCUT2D eigenvalue weighted by Gasteiger charge is -2.26. The van der Waals surface area contributed by atoms with E-state index < -0.39 is 0 Å². The largest absolute Gasteiger partial charge is 0.508 e. The Morgan fingerprint density at radius 3 is 2.63 bits per heavy atom. The van der Waals surface area contributed by atoms with Crippen molar-refractivity contribution in [2.24, 2.45) is 7.05 Å². The smallest absolute Gasteiger partial charge is 0.219 e. The third-order valence-electron chi connectivity index (χ3n) is 5.01. The van der Waals surface area contributed by atoms with Gasteiger partial charge in [-0.2, -0.15) is 5.10 Å². The minimum atomic E-state index is 0.0888. The Bertz CT molecular complexity index is 992. The van der Waals surface area contributed by atoms with Gasteiger partial charge in [0, 0.05) is 43.9 Å². The van der Waals surface area contributed by atoms with Crippen LogP contribution < -0.4 is 5.32 Å². The van der Waals surface area contributed by atoms with Gasteiger partial charge in [0.05, 0.1) is 6.54 Å². The van der Waals surface area contributed by atoms with Gasteiger partial charge in [-0.3, -0.25) is 9.48 Å². The molecule has 0 fully saturated rings. The molecule has 27 heavy (non-hydrogen) atoms. The Morgan fingerprint density at radius 1 is 1.15 bits per heavy atom. The van der Waals surface area contributed by atoms with Gasteiger partial charge in [-0.05, 0) is 35.4 Å². The molecule has 3 aromatic rings. The fourth-order valence-electron chi connectivity index (χ4n) is 3.53. The summed E-state index contributed by atoms with van der Waals surface area (Å²) in [6.45, 7) is 2.93. The number of rotatable bonds is 3. The summed E-state index contributed by atoms with van der Waals surface area (Å²) in [7, 11) is 1.94. The molecular formula is C21H22N4O2. The van der Waals surface area contributed by atoms with E-state index in [4.69, 9.17) is 0 Å². The number of benzene rings is 2. The lowest BCUT2D eigenvalue weighted by Crippen LogP contribution is -2.34. The van der Waals surface area contributed by atoms with E-state index in [0.717, 1.165) is 41.2 Å². The molecule has 6 heteroatoms. The second-order valence-corrected chi connectivity index (χ2v) is 6.84. The maximum Gasteiger partial charge on any atom is 0.219 e. The van der Waals surface area contributed by atoms with Crippen molar-refractivity contribution in [3.8, 4) is 16.9 Å². The van der Waals surface area contributed by atoms with Gasteiger partial charge in [0.15, 0.2) is 5.82 Å². The third-order valence-corrected chi connectivity index (χ3v) is 5.01. The van der Waals surface area contributed by atoms with Crippen LogP contribution in [0.2, 0.25) is 0 Å². The molecule has 1 aliphatic rings. The highest BCUT2D eigenvalue weighted by Gasteiger charge is 2.25. The second kappa shape index (κ2) is 6.79. The number of amides is 1. The molecule has 1 aromatic heterocycles. The minimum Gasteiger partial charge on any atom is -0.508 e. The van der Waals surface area contributed by atoms with Crippen molar-refractivity contribution in [3.63, 3.8) is 0 Å². The van der Waals surface area contributed by atoms with Crippen molar-refractivity contribution in [1.82, 2.24) is 14.7 Å². The van der Waals surface area contributed by atoms with E-state index in [9.17, 15) is 9.90 Å². The highest BCUT2D eigenvalue weighted by molar-refractivity contribution is 5.74. The molecule has 1 amide bonds. The number of aromatic hydroxyl groups is 1. The zero-order chi connectivity index (χ0) is 19.0. The van der Waals surface area contributed by atoms with Crippen LogP contribution in [0.5, 0.6) is 5.75 Å². The molecule has 0 spiro atoms. The number of carbonyl (C=O) groups is 1. The first-order chi connectivity index (χ1) is 13.0. The summed E-state index contributed by atoms with van der Waals surface area (Å²) in [6, 6.07) is 15.2. The molecule has 2 N–H and O–H groups in total. The molecule has 2 heterocycles.